The summed E-state index contributed by atoms with van der Waals surface area (Å²) < 4.78 is 0. The molecule has 0 fully saturated rings. The quantitative estimate of drug-likeness (QED) is 0.210. The third kappa shape index (κ3) is 1.69. The highest BCUT2D eigenvalue weighted by atomic mass is 28.1. The Hall–Kier alpha value is -0.313. The Balaban J connectivity index is 2.55. The van der Waals surface area contributed by atoms with Crippen LogP contribution in [-0.4, -0.2) is 16.1 Å². The van der Waals surface area contributed by atoms with Gasteiger partial charge >= 0.3 is 0 Å². The van der Waals surface area contributed by atoms with Crippen molar-refractivity contribution in [2.24, 2.45) is 5.16 Å². The Bertz CT molecular complexity index is 23.2. The van der Waals surface area contributed by atoms with Gasteiger partial charge in [0.25, 0.3) is 0 Å². The SMILES string of the molecule is [O]/N=C/[Si]. The number of hydrogen-bond donors (Lipinski definition) is 0. The van der Waals surface area contributed by atoms with Gasteiger partial charge in [-0.3, -0.25) is 0 Å². The van der Waals surface area contributed by atoms with Crippen LogP contribution in [0, 0.1) is 0 Å². The topological polar surface area (TPSA) is 32.3 Å². The third-order valence-electron chi connectivity index (χ3n) is 0.0527. The Morgan fingerprint density at radius 2 is 2.25 bits per heavy atom. The maximum absolute atomic E-state index is 8.82. The van der Waals surface area contributed by atoms with E-state index in [-0.39, 0.29) is 0 Å². The highest BCUT2D eigenvalue weighted by Crippen LogP contribution is 1.35. The molecule has 0 aromatic carbocycles. The molecule has 0 aliphatic heterocycles. The first-order valence-electron chi connectivity index (χ1n) is 0.729. The summed E-state index contributed by atoms with van der Waals surface area (Å²) >= 11 is 0. The normalized spacial score (nSPS) is 9.25. The van der Waals surface area contributed by atoms with E-state index in [4.69, 9.17) is 5.21 Å². The highest BCUT2D eigenvalue weighted by molar-refractivity contribution is 6.49. The highest BCUT2D eigenvalue weighted by Gasteiger charge is 1.41. The first-order valence-corrected chi connectivity index (χ1v) is 1.31. The van der Waals surface area contributed by atoms with Crippen LogP contribution in [0.1, 0.15) is 0 Å². The van der Waals surface area contributed by atoms with Crippen molar-refractivity contribution in [3.63, 3.8) is 0 Å². The van der Waals surface area contributed by atoms with E-state index < -0.39 is 0 Å². The summed E-state index contributed by atoms with van der Waals surface area (Å²) in [5.74, 6) is 1.00. The van der Waals surface area contributed by atoms with Crippen LogP contribution in [0.15, 0.2) is 5.16 Å². The standard InChI is InChI=1S/CHNOSi/c3-2-1-4/h1H/b2-1+. The molecule has 0 heterocycles. The molecule has 0 amide bonds. The summed E-state index contributed by atoms with van der Waals surface area (Å²) in [7, 11) is 2.68. The van der Waals surface area contributed by atoms with Gasteiger partial charge < -0.3 is 0 Å². The van der Waals surface area contributed by atoms with Gasteiger partial charge in [0, 0.05) is 5.84 Å². The van der Waals surface area contributed by atoms with E-state index in [1.165, 1.54) is 0 Å². The van der Waals surface area contributed by atoms with Gasteiger partial charge in [0.2, 0.25) is 0 Å². The maximum atomic E-state index is 8.82. The zero-order valence-corrected chi connectivity index (χ0v) is 2.93. The van der Waals surface area contributed by atoms with Gasteiger partial charge in [-0.1, -0.05) is 0 Å². The van der Waals surface area contributed by atoms with Crippen LogP contribution in [0.25, 0.3) is 0 Å². The molecule has 0 aromatic heterocycles. The Kier molecular flexibility index (Phi) is 2.48. The first kappa shape index (κ1) is 3.69. The number of hydrogen-bond acceptors (Lipinski definition) is 1. The van der Waals surface area contributed by atoms with Gasteiger partial charge in [-0.15, -0.1) is 5.21 Å². The Labute approximate surface area is 27.6 Å². The lowest BCUT2D eigenvalue weighted by molar-refractivity contribution is 0.212. The fraction of sp³-hybridized carbons (Fsp3) is 0. The molecule has 3 heteroatoms. The summed E-state index contributed by atoms with van der Waals surface area (Å²) in [5, 5.41) is 11.1. The lowest BCUT2D eigenvalue weighted by atomic mass is 11.7. The molecule has 0 saturated carbocycles. The zero-order chi connectivity index (χ0) is 3.41. The lowest BCUT2D eigenvalue weighted by Crippen LogP contribution is -1.58. The largest absolute Gasteiger partial charge is 0.146 e. The van der Waals surface area contributed by atoms with E-state index in [1.54, 1.807) is 0 Å². The van der Waals surface area contributed by atoms with Crippen molar-refractivity contribution in [2.75, 3.05) is 0 Å². The molecule has 4 heavy (non-hydrogen) atoms. The molecule has 0 atom stereocenters. The van der Waals surface area contributed by atoms with Crippen LogP contribution >= 0.6 is 0 Å². The Morgan fingerprint density at radius 1 is 2.00 bits per heavy atom. The van der Waals surface area contributed by atoms with Gasteiger partial charge in [-0.2, -0.15) is 0 Å². The van der Waals surface area contributed by atoms with Crippen LogP contribution in [0.3, 0.4) is 0 Å². The average molecular weight is 71.1 g/mol. The molecule has 0 N–H and O–H groups in total. The second-order valence-corrected chi connectivity index (χ2v) is 0.493. The number of nitrogens with zero attached hydrogens (tertiary/aromatic N) is 1. The molecular formula is CHNOSi. The second kappa shape index (κ2) is 2.69. The minimum absolute atomic E-state index is 1.00. The van der Waals surface area contributed by atoms with E-state index in [1.807, 2.05) is 0 Å². The van der Waals surface area contributed by atoms with E-state index in [0.717, 1.165) is 5.84 Å². The van der Waals surface area contributed by atoms with Crippen molar-refractivity contribution in [2.45, 2.75) is 0 Å². The summed E-state index contributed by atoms with van der Waals surface area (Å²) in [6, 6.07) is 0. The predicted molar refractivity (Wildman–Crippen MR) is 14.9 cm³/mol. The molecule has 20 valence electrons. The monoisotopic (exact) mass is 71.0 g/mol. The molecule has 0 aromatic rings. The molecule has 4 radical (unpaired) electrons. The molecular weight excluding hydrogens is 70.1 g/mol. The van der Waals surface area contributed by atoms with Crippen molar-refractivity contribution in [3.8, 4) is 0 Å². The third-order valence-corrected chi connectivity index (χ3v) is 0.158. The van der Waals surface area contributed by atoms with Crippen molar-refractivity contribution in [1.82, 2.24) is 0 Å². The van der Waals surface area contributed by atoms with Crippen molar-refractivity contribution >= 4 is 16.1 Å². The molecule has 0 spiro atoms. The van der Waals surface area contributed by atoms with Crippen molar-refractivity contribution in [3.05, 3.63) is 0 Å². The van der Waals surface area contributed by atoms with E-state index in [9.17, 15) is 0 Å². The maximum Gasteiger partial charge on any atom is 0.0931 e. The van der Waals surface area contributed by atoms with E-state index in [0.29, 0.717) is 0 Å². The van der Waals surface area contributed by atoms with Crippen LogP contribution in [0.2, 0.25) is 0 Å². The van der Waals surface area contributed by atoms with Crippen molar-refractivity contribution in [1.29, 1.82) is 0 Å². The van der Waals surface area contributed by atoms with Crippen LogP contribution < -0.4 is 0 Å². The lowest BCUT2D eigenvalue weighted by Gasteiger charge is -1.44. The zero-order valence-electron chi connectivity index (χ0n) is 1.93. The molecule has 2 nitrogen and oxygen atoms in total. The van der Waals surface area contributed by atoms with E-state index in [2.05, 4.69) is 15.4 Å². The number of rotatable bonds is 0. The molecule has 0 unspecified atom stereocenters. The van der Waals surface area contributed by atoms with E-state index >= 15 is 0 Å². The van der Waals surface area contributed by atoms with Gasteiger partial charge in [0.1, 0.15) is 0 Å². The first-order chi connectivity index (χ1) is 1.91. The summed E-state index contributed by atoms with van der Waals surface area (Å²) in [4.78, 5) is 0. The van der Waals surface area contributed by atoms with Crippen LogP contribution in [-0.2, 0) is 5.21 Å². The van der Waals surface area contributed by atoms with Crippen LogP contribution in [0.5, 0.6) is 0 Å². The van der Waals surface area contributed by atoms with Gasteiger partial charge in [-0.05, 0) is 5.16 Å². The molecule has 0 aliphatic carbocycles. The van der Waals surface area contributed by atoms with Gasteiger partial charge in [-0.25, -0.2) is 0 Å². The molecule has 0 bridgehead atoms. The van der Waals surface area contributed by atoms with Crippen LogP contribution in [0.4, 0.5) is 0 Å². The average Bonchev–Trinajstić information content (AvgIpc) is 1.37. The molecule has 0 aliphatic rings. The fourth-order valence-electron chi connectivity index (χ4n) is 0. The molecule has 0 rings (SSSR count). The Morgan fingerprint density at radius 3 is 2.25 bits per heavy atom. The molecule has 0 saturated heterocycles. The van der Waals surface area contributed by atoms with Gasteiger partial charge in [0.05, 0.1) is 10.2 Å². The van der Waals surface area contributed by atoms with Crippen molar-refractivity contribution < 1.29 is 5.21 Å². The fourth-order valence-corrected chi connectivity index (χ4v) is 0. The second-order valence-electron chi connectivity index (χ2n) is 0.235. The minimum Gasteiger partial charge on any atom is -0.146 e. The predicted octanol–water partition coefficient (Wildman–Crippen LogP) is -0.471. The minimum atomic E-state index is 1.00. The smallest absolute Gasteiger partial charge is 0.0931 e. The summed E-state index contributed by atoms with van der Waals surface area (Å²) in [5.41, 5.74) is 0. The van der Waals surface area contributed by atoms with Gasteiger partial charge in [0.15, 0.2) is 0 Å². The summed E-state index contributed by atoms with van der Waals surface area (Å²) in [6.45, 7) is 0. The summed E-state index contributed by atoms with van der Waals surface area (Å²) in [6.07, 6.45) is 0.